The number of para-hydroxylation sites is 1. The number of nitrogens with zero attached hydrogens (tertiary/aromatic N) is 5. The fourth-order valence-corrected chi connectivity index (χ4v) is 4.80. The molecule has 29 heavy (non-hydrogen) atoms. The Morgan fingerprint density at radius 2 is 1.97 bits per heavy atom. The predicted octanol–water partition coefficient (Wildman–Crippen LogP) is 4.26. The summed E-state index contributed by atoms with van der Waals surface area (Å²) in [5.41, 5.74) is 2.10. The van der Waals surface area contributed by atoms with E-state index in [0.29, 0.717) is 5.92 Å². The first-order valence-corrected chi connectivity index (χ1v) is 11.7. The van der Waals surface area contributed by atoms with Crippen molar-refractivity contribution in [2.45, 2.75) is 31.3 Å². The van der Waals surface area contributed by atoms with E-state index in [9.17, 15) is 0 Å². The van der Waals surface area contributed by atoms with Crippen molar-refractivity contribution in [3.8, 4) is 0 Å². The SMILES string of the molecule is CC(C)Cn1c(SCc2csc(Nc3ccccc3)n2)nnc1N1CCOCC1. The minimum Gasteiger partial charge on any atom is -0.378 e. The van der Waals surface area contributed by atoms with Gasteiger partial charge in [0.2, 0.25) is 5.95 Å². The van der Waals surface area contributed by atoms with Crippen molar-refractivity contribution < 1.29 is 4.74 Å². The number of nitrogens with one attached hydrogen (secondary N) is 1. The molecule has 7 nitrogen and oxygen atoms in total. The third kappa shape index (κ3) is 5.29. The maximum Gasteiger partial charge on any atom is 0.228 e. The second kappa shape index (κ2) is 9.60. The Kier molecular flexibility index (Phi) is 6.68. The molecule has 2 aromatic heterocycles. The highest BCUT2D eigenvalue weighted by atomic mass is 32.2. The van der Waals surface area contributed by atoms with Gasteiger partial charge >= 0.3 is 0 Å². The van der Waals surface area contributed by atoms with E-state index in [2.05, 4.69) is 44.2 Å². The summed E-state index contributed by atoms with van der Waals surface area (Å²) in [6.07, 6.45) is 0. The number of morpholine rings is 1. The zero-order valence-corrected chi connectivity index (χ0v) is 18.4. The molecule has 0 unspecified atom stereocenters. The molecular formula is C20H26N6OS2. The highest BCUT2D eigenvalue weighted by molar-refractivity contribution is 7.98. The lowest BCUT2D eigenvalue weighted by Gasteiger charge is -2.28. The summed E-state index contributed by atoms with van der Waals surface area (Å²) < 4.78 is 7.73. The standard InChI is InChI=1S/C20H26N6OS2/c1-15(2)12-26-19(25-8-10-27-11-9-25)23-24-20(26)29-14-17-13-28-18(22-17)21-16-6-4-3-5-7-16/h3-7,13,15H,8-12,14H2,1-2H3,(H,21,22). The summed E-state index contributed by atoms with van der Waals surface area (Å²) in [6, 6.07) is 10.1. The monoisotopic (exact) mass is 430 g/mol. The maximum atomic E-state index is 5.48. The van der Waals surface area contributed by atoms with Crippen molar-refractivity contribution in [3.63, 3.8) is 0 Å². The van der Waals surface area contributed by atoms with Gasteiger partial charge in [-0.05, 0) is 18.1 Å². The second-order valence-electron chi connectivity index (χ2n) is 7.31. The number of thioether (sulfide) groups is 1. The Labute approximate surface area is 179 Å². The van der Waals surface area contributed by atoms with Gasteiger partial charge in [-0.3, -0.25) is 4.57 Å². The minimum atomic E-state index is 0.520. The molecule has 0 radical (unpaired) electrons. The van der Waals surface area contributed by atoms with Gasteiger partial charge in [-0.2, -0.15) is 0 Å². The van der Waals surface area contributed by atoms with Gasteiger partial charge in [0.1, 0.15) is 0 Å². The van der Waals surface area contributed by atoms with Crippen molar-refractivity contribution in [2.75, 3.05) is 36.5 Å². The average molecular weight is 431 g/mol. The highest BCUT2D eigenvalue weighted by Gasteiger charge is 2.21. The molecule has 1 N–H and O–H groups in total. The molecule has 1 aliphatic rings. The third-order valence-electron chi connectivity index (χ3n) is 4.46. The van der Waals surface area contributed by atoms with Crippen LogP contribution in [0.25, 0.3) is 0 Å². The van der Waals surface area contributed by atoms with Gasteiger partial charge in [0, 0.05) is 36.5 Å². The molecule has 0 amide bonds. The van der Waals surface area contributed by atoms with E-state index in [4.69, 9.17) is 9.72 Å². The van der Waals surface area contributed by atoms with Crippen LogP contribution in [0, 0.1) is 5.92 Å². The fourth-order valence-electron chi connectivity index (χ4n) is 3.12. The molecule has 3 aromatic rings. The van der Waals surface area contributed by atoms with Crippen molar-refractivity contribution in [1.82, 2.24) is 19.7 Å². The summed E-state index contributed by atoms with van der Waals surface area (Å²) in [4.78, 5) is 6.98. The van der Waals surface area contributed by atoms with Gasteiger partial charge in [-0.15, -0.1) is 21.5 Å². The molecule has 1 aromatic carbocycles. The zero-order chi connectivity index (χ0) is 20.1. The first-order chi connectivity index (χ1) is 14.2. The zero-order valence-electron chi connectivity index (χ0n) is 16.7. The van der Waals surface area contributed by atoms with Crippen molar-refractivity contribution >= 4 is 39.9 Å². The van der Waals surface area contributed by atoms with Crippen LogP contribution in [0.3, 0.4) is 0 Å². The molecule has 0 atom stereocenters. The highest BCUT2D eigenvalue weighted by Crippen LogP contribution is 2.28. The quantitative estimate of drug-likeness (QED) is 0.536. The van der Waals surface area contributed by atoms with Crippen LogP contribution in [0.1, 0.15) is 19.5 Å². The van der Waals surface area contributed by atoms with Crippen molar-refractivity contribution in [2.24, 2.45) is 5.92 Å². The molecule has 0 aliphatic carbocycles. The van der Waals surface area contributed by atoms with Crippen LogP contribution in [0.4, 0.5) is 16.8 Å². The first kappa shape index (κ1) is 20.2. The molecule has 1 fully saturated rings. The Balaban J connectivity index is 1.43. The normalized spacial score (nSPS) is 14.5. The van der Waals surface area contributed by atoms with Crippen LogP contribution < -0.4 is 10.2 Å². The fraction of sp³-hybridized carbons (Fsp3) is 0.450. The van der Waals surface area contributed by atoms with Crippen molar-refractivity contribution in [1.29, 1.82) is 0 Å². The summed E-state index contributed by atoms with van der Waals surface area (Å²) >= 11 is 3.32. The van der Waals surface area contributed by atoms with Gasteiger partial charge in [0.25, 0.3) is 0 Å². The molecule has 0 bridgehead atoms. The number of benzene rings is 1. The molecule has 1 aliphatic heterocycles. The van der Waals surface area contributed by atoms with Crippen molar-refractivity contribution in [3.05, 3.63) is 41.4 Å². The van der Waals surface area contributed by atoms with Gasteiger partial charge in [-0.1, -0.05) is 43.8 Å². The number of hydrogen-bond acceptors (Lipinski definition) is 8. The summed E-state index contributed by atoms with van der Waals surface area (Å²) in [7, 11) is 0. The van der Waals surface area contributed by atoms with E-state index in [1.165, 1.54) is 0 Å². The maximum absolute atomic E-state index is 5.48. The van der Waals surface area contributed by atoms with E-state index >= 15 is 0 Å². The minimum absolute atomic E-state index is 0.520. The van der Waals surface area contributed by atoms with Crippen LogP contribution in [0.15, 0.2) is 40.9 Å². The predicted molar refractivity (Wildman–Crippen MR) is 119 cm³/mol. The second-order valence-corrected chi connectivity index (χ2v) is 9.11. The average Bonchev–Trinajstić information content (AvgIpc) is 3.34. The van der Waals surface area contributed by atoms with Gasteiger partial charge in [-0.25, -0.2) is 4.98 Å². The summed E-state index contributed by atoms with van der Waals surface area (Å²) in [5.74, 6) is 2.24. The largest absolute Gasteiger partial charge is 0.378 e. The van der Waals surface area contributed by atoms with E-state index in [-0.39, 0.29) is 0 Å². The van der Waals surface area contributed by atoms with Crippen LogP contribution in [-0.2, 0) is 17.0 Å². The Morgan fingerprint density at radius 1 is 1.17 bits per heavy atom. The molecule has 9 heteroatoms. The number of aromatic nitrogens is 4. The van der Waals surface area contributed by atoms with Crippen LogP contribution in [0.5, 0.6) is 0 Å². The molecule has 0 spiro atoms. The van der Waals surface area contributed by atoms with Gasteiger partial charge in [0.15, 0.2) is 10.3 Å². The third-order valence-corrected chi connectivity index (χ3v) is 6.27. The lowest BCUT2D eigenvalue weighted by molar-refractivity contribution is 0.121. The van der Waals surface area contributed by atoms with E-state index < -0.39 is 0 Å². The number of thiazole rings is 1. The summed E-state index contributed by atoms with van der Waals surface area (Å²) in [5, 5.41) is 16.3. The van der Waals surface area contributed by atoms with E-state index in [1.807, 2.05) is 30.3 Å². The number of ether oxygens (including phenoxy) is 1. The van der Waals surface area contributed by atoms with E-state index in [0.717, 1.165) is 66.2 Å². The number of hydrogen-bond donors (Lipinski definition) is 1. The van der Waals surface area contributed by atoms with Gasteiger partial charge in [0.05, 0.1) is 18.9 Å². The van der Waals surface area contributed by atoms with Crippen LogP contribution in [0.2, 0.25) is 0 Å². The lowest BCUT2D eigenvalue weighted by atomic mass is 10.2. The number of anilines is 3. The summed E-state index contributed by atoms with van der Waals surface area (Å²) in [6.45, 7) is 8.56. The van der Waals surface area contributed by atoms with E-state index in [1.54, 1.807) is 23.1 Å². The molecule has 1 saturated heterocycles. The Bertz CT molecular complexity index is 905. The van der Waals surface area contributed by atoms with Crippen LogP contribution >= 0.6 is 23.1 Å². The molecule has 4 rings (SSSR count). The van der Waals surface area contributed by atoms with Crippen LogP contribution in [-0.4, -0.2) is 46.1 Å². The Hall–Kier alpha value is -2.10. The van der Waals surface area contributed by atoms with Gasteiger partial charge < -0.3 is 15.0 Å². The number of rotatable bonds is 8. The lowest BCUT2D eigenvalue weighted by Crippen LogP contribution is -2.38. The molecular weight excluding hydrogens is 404 g/mol. The molecule has 154 valence electrons. The first-order valence-electron chi connectivity index (χ1n) is 9.84. The molecule has 3 heterocycles. The molecule has 0 saturated carbocycles. The topological polar surface area (TPSA) is 68.1 Å². The Morgan fingerprint density at radius 3 is 2.72 bits per heavy atom. The smallest absolute Gasteiger partial charge is 0.228 e.